The number of nitrogens with zero attached hydrogens (tertiary/aromatic N) is 1. The van der Waals surface area contributed by atoms with Gasteiger partial charge in [0, 0.05) is 31.7 Å². The summed E-state index contributed by atoms with van der Waals surface area (Å²) in [5.41, 5.74) is 0.419. The average Bonchev–Trinajstić information content (AvgIpc) is 2.23. The average molecular weight is 240 g/mol. The van der Waals surface area contributed by atoms with Gasteiger partial charge in [-0.3, -0.25) is 4.90 Å². The van der Waals surface area contributed by atoms with E-state index in [2.05, 4.69) is 51.8 Å². The van der Waals surface area contributed by atoms with Crippen molar-refractivity contribution in [3.05, 3.63) is 0 Å². The minimum atomic E-state index is 0.419. The Bertz CT molecular complexity index is 223. The Morgan fingerprint density at radius 1 is 1.35 bits per heavy atom. The van der Waals surface area contributed by atoms with Crippen molar-refractivity contribution in [2.45, 2.75) is 66.5 Å². The van der Waals surface area contributed by atoms with E-state index >= 15 is 0 Å². The molecule has 2 heteroatoms. The molecule has 1 fully saturated rings. The standard InChI is InChI=1S/C15H32N2/c1-7-8-14-10-17(13(4)9-16-14)11-15(5,6)12(2)3/h12-14,16H,7-11H2,1-6H3. The number of nitrogens with one attached hydrogen (secondary N) is 1. The van der Waals surface area contributed by atoms with Crippen LogP contribution in [0, 0.1) is 11.3 Å². The minimum absolute atomic E-state index is 0.419. The number of hydrogen-bond acceptors (Lipinski definition) is 2. The van der Waals surface area contributed by atoms with Crippen molar-refractivity contribution in [1.29, 1.82) is 0 Å². The van der Waals surface area contributed by atoms with E-state index in [4.69, 9.17) is 0 Å². The van der Waals surface area contributed by atoms with Gasteiger partial charge in [-0.25, -0.2) is 0 Å². The molecule has 1 saturated heterocycles. The molecule has 0 aromatic rings. The summed E-state index contributed by atoms with van der Waals surface area (Å²) in [7, 11) is 0. The van der Waals surface area contributed by atoms with Gasteiger partial charge in [0.15, 0.2) is 0 Å². The molecule has 1 N–H and O–H groups in total. The maximum Gasteiger partial charge on any atom is 0.0195 e. The lowest BCUT2D eigenvalue weighted by atomic mass is 9.80. The third-order valence-corrected chi connectivity index (χ3v) is 4.59. The smallest absolute Gasteiger partial charge is 0.0195 e. The third kappa shape index (κ3) is 4.26. The molecular formula is C15H32N2. The van der Waals surface area contributed by atoms with Crippen LogP contribution < -0.4 is 5.32 Å². The zero-order chi connectivity index (χ0) is 13.1. The summed E-state index contributed by atoms with van der Waals surface area (Å²) < 4.78 is 0. The van der Waals surface area contributed by atoms with E-state index < -0.39 is 0 Å². The van der Waals surface area contributed by atoms with Crippen LogP contribution in [0.3, 0.4) is 0 Å². The van der Waals surface area contributed by atoms with Gasteiger partial charge in [-0.15, -0.1) is 0 Å². The van der Waals surface area contributed by atoms with E-state index in [1.54, 1.807) is 0 Å². The van der Waals surface area contributed by atoms with Gasteiger partial charge < -0.3 is 5.32 Å². The fourth-order valence-electron chi connectivity index (χ4n) is 2.46. The van der Waals surface area contributed by atoms with Crippen molar-refractivity contribution in [2.24, 2.45) is 11.3 Å². The van der Waals surface area contributed by atoms with Crippen molar-refractivity contribution in [2.75, 3.05) is 19.6 Å². The van der Waals surface area contributed by atoms with Crippen LogP contribution in [-0.4, -0.2) is 36.6 Å². The first-order valence-corrected chi connectivity index (χ1v) is 7.34. The molecule has 0 aromatic heterocycles. The second kappa shape index (κ2) is 6.19. The second-order valence-corrected chi connectivity index (χ2v) is 6.82. The lowest BCUT2D eigenvalue weighted by molar-refractivity contribution is 0.0691. The maximum atomic E-state index is 3.67. The molecule has 1 aliphatic heterocycles. The van der Waals surface area contributed by atoms with Crippen molar-refractivity contribution < 1.29 is 0 Å². The summed E-state index contributed by atoms with van der Waals surface area (Å²) in [6.45, 7) is 17.7. The van der Waals surface area contributed by atoms with Crippen molar-refractivity contribution >= 4 is 0 Å². The van der Waals surface area contributed by atoms with Crippen LogP contribution in [0.1, 0.15) is 54.4 Å². The predicted octanol–water partition coefficient (Wildman–Crippen LogP) is 3.13. The van der Waals surface area contributed by atoms with E-state index in [0.29, 0.717) is 17.5 Å². The van der Waals surface area contributed by atoms with Crippen molar-refractivity contribution in [1.82, 2.24) is 10.2 Å². The largest absolute Gasteiger partial charge is 0.311 e. The molecule has 0 aromatic carbocycles. The molecule has 0 radical (unpaired) electrons. The number of hydrogen-bond donors (Lipinski definition) is 1. The minimum Gasteiger partial charge on any atom is -0.311 e. The molecule has 0 aliphatic carbocycles. The van der Waals surface area contributed by atoms with Gasteiger partial charge in [0.1, 0.15) is 0 Å². The highest BCUT2D eigenvalue weighted by molar-refractivity contribution is 4.87. The van der Waals surface area contributed by atoms with Gasteiger partial charge in [-0.1, -0.05) is 41.0 Å². The van der Waals surface area contributed by atoms with E-state index in [1.165, 1.54) is 25.9 Å². The first-order valence-electron chi connectivity index (χ1n) is 7.34. The summed E-state index contributed by atoms with van der Waals surface area (Å²) in [4.78, 5) is 2.69. The molecule has 102 valence electrons. The molecule has 1 aliphatic rings. The molecule has 2 atom stereocenters. The SMILES string of the molecule is CCCC1CN(CC(C)(C)C(C)C)C(C)CN1. The zero-order valence-corrected chi connectivity index (χ0v) is 12.7. The summed E-state index contributed by atoms with van der Waals surface area (Å²) in [6, 6.07) is 1.39. The van der Waals surface area contributed by atoms with Gasteiger partial charge in [0.25, 0.3) is 0 Å². The second-order valence-electron chi connectivity index (χ2n) is 6.82. The van der Waals surface area contributed by atoms with Crippen LogP contribution in [0.2, 0.25) is 0 Å². The maximum absolute atomic E-state index is 3.67. The Labute approximate surface area is 108 Å². The summed E-state index contributed by atoms with van der Waals surface area (Å²) in [6.07, 6.45) is 2.60. The molecule has 1 rings (SSSR count). The van der Waals surface area contributed by atoms with Crippen LogP contribution in [-0.2, 0) is 0 Å². The molecule has 1 heterocycles. The summed E-state index contributed by atoms with van der Waals surface area (Å²) >= 11 is 0. The van der Waals surface area contributed by atoms with Crippen LogP contribution in [0.4, 0.5) is 0 Å². The lowest BCUT2D eigenvalue weighted by Crippen LogP contribution is -2.57. The van der Waals surface area contributed by atoms with Crippen molar-refractivity contribution in [3.8, 4) is 0 Å². The molecule has 2 unspecified atom stereocenters. The van der Waals surface area contributed by atoms with E-state index in [1.807, 2.05) is 0 Å². The summed E-state index contributed by atoms with van der Waals surface area (Å²) in [5.74, 6) is 0.745. The van der Waals surface area contributed by atoms with Gasteiger partial charge in [-0.05, 0) is 24.7 Å². The quantitative estimate of drug-likeness (QED) is 0.794. The van der Waals surface area contributed by atoms with Gasteiger partial charge in [0.2, 0.25) is 0 Å². The normalized spacial score (nSPS) is 27.7. The highest BCUT2D eigenvalue weighted by atomic mass is 15.2. The predicted molar refractivity (Wildman–Crippen MR) is 76.4 cm³/mol. The molecule has 0 bridgehead atoms. The molecule has 0 spiro atoms. The Balaban J connectivity index is 2.55. The molecule has 0 amide bonds. The van der Waals surface area contributed by atoms with Crippen molar-refractivity contribution in [3.63, 3.8) is 0 Å². The number of piperazine rings is 1. The Kier molecular flexibility index (Phi) is 5.46. The highest BCUT2D eigenvalue weighted by Crippen LogP contribution is 2.28. The first-order chi connectivity index (χ1) is 7.86. The summed E-state index contributed by atoms with van der Waals surface area (Å²) in [5, 5.41) is 3.67. The Hall–Kier alpha value is -0.0800. The van der Waals surface area contributed by atoms with E-state index in [0.717, 1.165) is 12.5 Å². The molecule has 2 nitrogen and oxygen atoms in total. The zero-order valence-electron chi connectivity index (χ0n) is 12.7. The monoisotopic (exact) mass is 240 g/mol. The highest BCUT2D eigenvalue weighted by Gasteiger charge is 2.31. The molecule has 17 heavy (non-hydrogen) atoms. The fraction of sp³-hybridized carbons (Fsp3) is 1.00. The Morgan fingerprint density at radius 2 is 2.00 bits per heavy atom. The van der Waals surface area contributed by atoms with Crippen LogP contribution in [0.25, 0.3) is 0 Å². The van der Waals surface area contributed by atoms with Crippen LogP contribution in [0.5, 0.6) is 0 Å². The number of rotatable bonds is 5. The van der Waals surface area contributed by atoms with Gasteiger partial charge >= 0.3 is 0 Å². The topological polar surface area (TPSA) is 15.3 Å². The third-order valence-electron chi connectivity index (χ3n) is 4.59. The van der Waals surface area contributed by atoms with Crippen LogP contribution in [0.15, 0.2) is 0 Å². The van der Waals surface area contributed by atoms with Crippen LogP contribution >= 0.6 is 0 Å². The first kappa shape index (κ1) is 15.0. The molecular weight excluding hydrogens is 208 g/mol. The van der Waals surface area contributed by atoms with Gasteiger partial charge in [0.05, 0.1) is 0 Å². The van der Waals surface area contributed by atoms with Gasteiger partial charge in [-0.2, -0.15) is 0 Å². The lowest BCUT2D eigenvalue weighted by Gasteiger charge is -2.44. The van der Waals surface area contributed by atoms with E-state index in [9.17, 15) is 0 Å². The molecule has 0 saturated carbocycles. The Morgan fingerprint density at radius 3 is 2.53 bits per heavy atom. The fourth-order valence-corrected chi connectivity index (χ4v) is 2.46. The van der Waals surface area contributed by atoms with E-state index in [-0.39, 0.29) is 0 Å².